The van der Waals surface area contributed by atoms with Gasteiger partial charge in [0.2, 0.25) is 5.91 Å². The summed E-state index contributed by atoms with van der Waals surface area (Å²) in [7, 11) is 0. The number of nitrogens with one attached hydrogen (secondary N) is 1. The van der Waals surface area contributed by atoms with Crippen molar-refractivity contribution >= 4 is 23.2 Å². The molecule has 2 aliphatic rings. The number of rotatable bonds is 4. The second-order valence-corrected chi connectivity index (χ2v) is 7.44. The van der Waals surface area contributed by atoms with Gasteiger partial charge in [0.15, 0.2) is 0 Å². The third-order valence-corrected chi connectivity index (χ3v) is 5.70. The number of thiophene rings is 1. The van der Waals surface area contributed by atoms with Crippen molar-refractivity contribution in [3.8, 4) is 0 Å². The lowest BCUT2D eigenvalue weighted by atomic mass is 10.0. The van der Waals surface area contributed by atoms with Gasteiger partial charge in [-0.15, -0.1) is 11.3 Å². The van der Waals surface area contributed by atoms with E-state index >= 15 is 0 Å². The second-order valence-electron chi connectivity index (χ2n) is 6.50. The summed E-state index contributed by atoms with van der Waals surface area (Å²) in [5.74, 6) is -0.118. The quantitative estimate of drug-likeness (QED) is 0.915. The molecule has 2 atom stereocenters. The van der Waals surface area contributed by atoms with Crippen molar-refractivity contribution in [2.75, 3.05) is 26.2 Å². The van der Waals surface area contributed by atoms with E-state index < -0.39 is 6.04 Å². The van der Waals surface area contributed by atoms with Gasteiger partial charge in [0, 0.05) is 19.1 Å². The number of amides is 2. The molecule has 2 fully saturated rings. The van der Waals surface area contributed by atoms with Crippen LogP contribution in [0.5, 0.6) is 0 Å². The van der Waals surface area contributed by atoms with Crippen LogP contribution >= 0.6 is 11.3 Å². The van der Waals surface area contributed by atoms with Crippen LogP contribution in [0, 0.1) is 0 Å². The molecule has 2 unspecified atom stereocenters. The van der Waals surface area contributed by atoms with Crippen molar-refractivity contribution < 1.29 is 9.59 Å². The molecule has 0 saturated carbocycles. The lowest BCUT2D eigenvalue weighted by Crippen LogP contribution is -2.54. The van der Waals surface area contributed by atoms with E-state index in [1.165, 1.54) is 30.6 Å². The lowest BCUT2D eigenvalue weighted by molar-refractivity contribution is -0.134. The Morgan fingerprint density at radius 2 is 2.04 bits per heavy atom. The van der Waals surface area contributed by atoms with Gasteiger partial charge < -0.3 is 10.2 Å². The Balaban J connectivity index is 1.54. The Kier molecular flexibility index (Phi) is 5.33. The van der Waals surface area contributed by atoms with Gasteiger partial charge in [-0.1, -0.05) is 6.07 Å². The number of carbonyl (C=O) groups excluding carboxylic acids is 2. The van der Waals surface area contributed by atoms with E-state index in [1.807, 2.05) is 16.3 Å². The number of hydrogen-bond acceptors (Lipinski definition) is 4. The predicted octanol–water partition coefficient (Wildman–Crippen LogP) is 1.95. The van der Waals surface area contributed by atoms with E-state index in [1.54, 1.807) is 13.0 Å². The second kappa shape index (κ2) is 7.45. The van der Waals surface area contributed by atoms with Crippen LogP contribution in [0.2, 0.25) is 0 Å². The molecule has 1 aromatic heterocycles. The predicted molar refractivity (Wildman–Crippen MR) is 91.7 cm³/mol. The fourth-order valence-corrected chi connectivity index (χ4v) is 4.20. The van der Waals surface area contributed by atoms with Crippen molar-refractivity contribution in [2.45, 2.75) is 44.7 Å². The van der Waals surface area contributed by atoms with Crippen LogP contribution in [0.4, 0.5) is 0 Å². The molecule has 0 aliphatic carbocycles. The fraction of sp³-hybridized carbons (Fsp3) is 0.647. The van der Waals surface area contributed by atoms with Gasteiger partial charge in [-0.25, -0.2) is 0 Å². The highest BCUT2D eigenvalue weighted by molar-refractivity contribution is 7.12. The van der Waals surface area contributed by atoms with Crippen molar-refractivity contribution in [3.63, 3.8) is 0 Å². The van der Waals surface area contributed by atoms with Crippen LogP contribution in [0.3, 0.4) is 0 Å². The molecule has 3 rings (SSSR count). The summed E-state index contributed by atoms with van der Waals surface area (Å²) in [6.45, 7) is 5.72. The van der Waals surface area contributed by atoms with Crippen LogP contribution in [0.1, 0.15) is 42.3 Å². The molecular formula is C17H25N3O2S. The lowest BCUT2D eigenvalue weighted by Gasteiger charge is -2.38. The number of piperidine rings is 1. The van der Waals surface area contributed by atoms with Gasteiger partial charge in [0.1, 0.15) is 6.04 Å². The summed E-state index contributed by atoms with van der Waals surface area (Å²) in [6.07, 6.45) is 4.79. The topological polar surface area (TPSA) is 52.7 Å². The first-order valence-corrected chi connectivity index (χ1v) is 9.40. The Hall–Kier alpha value is -1.40. The third-order valence-electron chi connectivity index (χ3n) is 4.83. The molecule has 126 valence electrons. The highest BCUT2D eigenvalue weighted by Crippen LogP contribution is 2.21. The van der Waals surface area contributed by atoms with Crippen molar-refractivity contribution in [2.24, 2.45) is 0 Å². The highest BCUT2D eigenvalue weighted by atomic mass is 32.1. The molecular weight excluding hydrogens is 310 g/mol. The van der Waals surface area contributed by atoms with Crippen LogP contribution in [-0.2, 0) is 4.79 Å². The Bertz CT molecular complexity index is 540. The smallest absolute Gasteiger partial charge is 0.261 e. The Morgan fingerprint density at radius 3 is 2.74 bits per heavy atom. The third kappa shape index (κ3) is 3.93. The zero-order chi connectivity index (χ0) is 16.2. The standard InChI is InChI=1S/C17H25N3O2S/c1-13(18-16(21)15-7-5-11-23-15)17(22)20-10-4-6-14(12-20)19-8-2-3-9-19/h5,7,11,13-14H,2-4,6,8-10,12H2,1H3,(H,18,21). The zero-order valence-corrected chi connectivity index (χ0v) is 14.5. The minimum absolute atomic E-state index is 0.0406. The average molecular weight is 335 g/mol. The molecule has 5 nitrogen and oxygen atoms in total. The minimum Gasteiger partial charge on any atom is -0.340 e. The van der Waals surface area contributed by atoms with E-state index in [-0.39, 0.29) is 11.8 Å². The largest absolute Gasteiger partial charge is 0.340 e. The zero-order valence-electron chi connectivity index (χ0n) is 13.7. The highest BCUT2D eigenvalue weighted by Gasteiger charge is 2.31. The maximum absolute atomic E-state index is 12.7. The van der Waals surface area contributed by atoms with Crippen LogP contribution < -0.4 is 5.32 Å². The summed E-state index contributed by atoms with van der Waals surface area (Å²) in [5, 5.41) is 4.70. The molecule has 0 aromatic carbocycles. The van der Waals surface area contributed by atoms with Gasteiger partial charge >= 0.3 is 0 Å². The van der Waals surface area contributed by atoms with Gasteiger partial charge in [-0.3, -0.25) is 14.5 Å². The SMILES string of the molecule is CC(NC(=O)c1cccs1)C(=O)N1CCCC(N2CCCC2)C1. The maximum atomic E-state index is 12.7. The van der Waals surface area contributed by atoms with Crippen molar-refractivity contribution in [3.05, 3.63) is 22.4 Å². The van der Waals surface area contributed by atoms with Crippen LogP contribution in [-0.4, -0.2) is 59.9 Å². The first-order valence-electron chi connectivity index (χ1n) is 8.52. The molecule has 23 heavy (non-hydrogen) atoms. The minimum atomic E-state index is -0.470. The van der Waals surface area contributed by atoms with Crippen molar-refractivity contribution in [1.29, 1.82) is 0 Å². The molecule has 6 heteroatoms. The molecule has 0 radical (unpaired) electrons. The Morgan fingerprint density at radius 1 is 1.26 bits per heavy atom. The van der Waals surface area contributed by atoms with E-state index in [0.29, 0.717) is 10.9 Å². The number of carbonyl (C=O) groups is 2. The summed E-state index contributed by atoms with van der Waals surface area (Å²) in [4.78, 5) is 29.9. The summed E-state index contributed by atoms with van der Waals surface area (Å²) in [6, 6.07) is 3.65. The van der Waals surface area contributed by atoms with Crippen molar-refractivity contribution in [1.82, 2.24) is 15.1 Å². The van der Waals surface area contributed by atoms with Gasteiger partial charge in [0.05, 0.1) is 4.88 Å². The van der Waals surface area contributed by atoms with Gasteiger partial charge in [0.25, 0.3) is 5.91 Å². The van der Waals surface area contributed by atoms with E-state index in [2.05, 4.69) is 10.2 Å². The monoisotopic (exact) mass is 335 g/mol. The number of nitrogens with zero attached hydrogens (tertiary/aromatic N) is 2. The number of hydrogen-bond donors (Lipinski definition) is 1. The molecule has 2 saturated heterocycles. The molecule has 2 amide bonds. The summed E-state index contributed by atoms with van der Waals surface area (Å²) >= 11 is 1.39. The van der Waals surface area contributed by atoms with E-state index in [9.17, 15) is 9.59 Å². The van der Waals surface area contributed by atoms with Crippen LogP contribution in [0.15, 0.2) is 17.5 Å². The molecule has 1 aromatic rings. The molecule has 3 heterocycles. The summed E-state index contributed by atoms with van der Waals surface area (Å²) in [5.41, 5.74) is 0. The Labute approximate surface area is 141 Å². The average Bonchev–Trinajstić information content (AvgIpc) is 3.27. The first kappa shape index (κ1) is 16.5. The first-order chi connectivity index (χ1) is 11.1. The maximum Gasteiger partial charge on any atom is 0.261 e. The normalized spacial score (nSPS) is 23.7. The summed E-state index contributed by atoms with van der Waals surface area (Å²) < 4.78 is 0. The van der Waals surface area contributed by atoms with E-state index in [0.717, 1.165) is 32.6 Å². The van der Waals surface area contributed by atoms with Gasteiger partial charge in [-0.2, -0.15) is 0 Å². The van der Waals surface area contributed by atoms with E-state index in [4.69, 9.17) is 0 Å². The number of likely N-dealkylation sites (tertiary alicyclic amines) is 2. The molecule has 0 bridgehead atoms. The fourth-order valence-electron chi connectivity index (χ4n) is 3.57. The van der Waals surface area contributed by atoms with Gasteiger partial charge in [-0.05, 0) is 57.1 Å². The molecule has 2 aliphatic heterocycles. The molecule has 0 spiro atoms. The van der Waals surface area contributed by atoms with Crippen LogP contribution in [0.25, 0.3) is 0 Å². The molecule has 1 N–H and O–H groups in total.